The lowest BCUT2D eigenvalue weighted by Gasteiger charge is -2.27. The first-order chi connectivity index (χ1) is 28.4. The van der Waals surface area contributed by atoms with Gasteiger partial charge in [0.15, 0.2) is 11.9 Å². The van der Waals surface area contributed by atoms with E-state index in [-0.39, 0.29) is 94.6 Å². The second kappa shape index (κ2) is 26.5. The Labute approximate surface area is 350 Å². The zero-order chi connectivity index (χ0) is 44.6. The van der Waals surface area contributed by atoms with E-state index in [2.05, 4.69) is 37.2 Å². The molecule has 20 nitrogen and oxygen atoms in total. The molecule has 330 valence electrons. The molecule has 0 aliphatic rings. The molecule has 0 aromatic heterocycles. The fourth-order valence-electron chi connectivity index (χ4n) is 6.03. The molecule has 18 N–H and O–H groups in total. The highest BCUT2D eigenvalue weighted by molar-refractivity contribution is 5.95. The minimum atomic E-state index is -1.18. The Morgan fingerprint density at radius 1 is 0.600 bits per heavy atom. The van der Waals surface area contributed by atoms with Crippen LogP contribution in [-0.4, -0.2) is 102 Å². The van der Waals surface area contributed by atoms with Gasteiger partial charge >= 0.3 is 0 Å². The van der Waals surface area contributed by atoms with Gasteiger partial charge in [0.05, 0.1) is 6.04 Å². The fourth-order valence-corrected chi connectivity index (χ4v) is 6.03. The van der Waals surface area contributed by atoms with Gasteiger partial charge in [-0.05, 0) is 74.1 Å². The maximum Gasteiger partial charge on any atom is 0.243 e. The number of hydrogen-bond donors (Lipinski definition) is 14. The lowest BCUT2D eigenvalue weighted by molar-refractivity contribution is -0.134. The number of primary amides is 1. The number of nitrogens with two attached hydrogens (primary N) is 4. The number of phenolic OH excluding ortho intramolecular Hbond substituents is 1. The van der Waals surface area contributed by atoms with E-state index in [1.54, 1.807) is 36.4 Å². The van der Waals surface area contributed by atoms with E-state index in [9.17, 15) is 33.9 Å². The molecular weight excluding hydrogens is 775 g/mol. The number of hydrogen-bond acceptors (Lipinski definition) is 10. The Kier molecular flexibility index (Phi) is 22.0. The van der Waals surface area contributed by atoms with E-state index < -0.39 is 65.7 Å². The van der Waals surface area contributed by atoms with Gasteiger partial charge in [-0.25, -0.2) is 0 Å². The van der Waals surface area contributed by atoms with Crippen LogP contribution in [0.5, 0.6) is 5.75 Å². The van der Waals surface area contributed by atoms with Crippen molar-refractivity contribution in [3.05, 3.63) is 65.7 Å². The maximum absolute atomic E-state index is 13.9. The first kappa shape index (κ1) is 49.7. The number of rotatable bonds is 27. The van der Waals surface area contributed by atoms with E-state index in [1.165, 1.54) is 12.1 Å². The van der Waals surface area contributed by atoms with Crippen LogP contribution in [0.15, 0.2) is 54.6 Å². The largest absolute Gasteiger partial charge is 0.508 e. The molecule has 60 heavy (non-hydrogen) atoms. The fraction of sp³-hybridized carbons (Fsp3) is 0.500. The number of aromatic hydroxyl groups is 1. The SMILES string of the molecule is CC(C)C[C@H](NC(=O)[C@H](Cc1ccccc1)NC(=O)CCCNC(=O)[C@@H](N)Cc1ccc(O)cc1)C(=O)N[C@@H](CCCNC(=N)N)C(=O)N[C@@H](CCCNC(=N)N)C(N)=O. The Morgan fingerprint density at radius 2 is 1.10 bits per heavy atom. The third-order valence-corrected chi connectivity index (χ3v) is 9.15. The monoisotopic (exact) mass is 837 g/mol. The van der Waals surface area contributed by atoms with E-state index in [4.69, 9.17) is 33.8 Å². The van der Waals surface area contributed by atoms with E-state index in [0.29, 0.717) is 6.42 Å². The molecule has 0 fully saturated rings. The van der Waals surface area contributed by atoms with Crippen molar-refractivity contribution in [1.82, 2.24) is 37.2 Å². The average molecular weight is 838 g/mol. The van der Waals surface area contributed by atoms with Gasteiger partial charge in [-0.15, -0.1) is 0 Å². The van der Waals surface area contributed by atoms with Crippen LogP contribution in [0, 0.1) is 16.7 Å². The first-order valence-electron chi connectivity index (χ1n) is 20.0. The Bertz CT molecular complexity index is 1730. The quantitative estimate of drug-likeness (QED) is 0.0275. The van der Waals surface area contributed by atoms with Crippen molar-refractivity contribution in [2.24, 2.45) is 28.9 Å². The van der Waals surface area contributed by atoms with Crippen molar-refractivity contribution in [2.75, 3.05) is 19.6 Å². The number of phenols is 1. The number of carbonyl (C=O) groups is 6. The van der Waals surface area contributed by atoms with Gasteiger partial charge in [0.2, 0.25) is 35.4 Å². The summed E-state index contributed by atoms with van der Waals surface area (Å²) in [7, 11) is 0. The molecule has 2 rings (SSSR count). The van der Waals surface area contributed by atoms with Crippen molar-refractivity contribution in [3.63, 3.8) is 0 Å². The molecule has 0 aliphatic carbocycles. The van der Waals surface area contributed by atoms with Crippen molar-refractivity contribution < 1.29 is 33.9 Å². The lowest BCUT2D eigenvalue weighted by Crippen LogP contribution is -2.58. The highest BCUT2D eigenvalue weighted by atomic mass is 16.3. The van der Waals surface area contributed by atoms with Crippen molar-refractivity contribution in [2.45, 2.75) is 102 Å². The van der Waals surface area contributed by atoms with Crippen molar-refractivity contribution in [1.29, 1.82) is 10.8 Å². The summed E-state index contributed by atoms with van der Waals surface area (Å²) in [5.74, 6) is -4.21. The third-order valence-electron chi connectivity index (χ3n) is 9.15. The number of guanidine groups is 2. The molecular formula is C40H63N13O7. The van der Waals surface area contributed by atoms with Crippen molar-refractivity contribution >= 4 is 47.4 Å². The van der Waals surface area contributed by atoms with Crippen LogP contribution in [0.25, 0.3) is 0 Å². The van der Waals surface area contributed by atoms with Gasteiger partial charge in [-0.3, -0.25) is 39.6 Å². The van der Waals surface area contributed by atoms with Crippen LogP contribution >= 0.6 is 0 Å². The summed E-state index contributed by atoms with van der Waals surface area (Å²) in [6.45, 7) is 4.32. The summed E-state index contributed by atoms with van der Waals surface area (Å²) in [6.07, 6.45) is 1.55. The van der Waals surface area contributed by atoms with E-state index in [1.807, 2.05) is 19.9 Å². The predicted molar refractivity (Wildman–Crippen MR) is 227 cm³/mol. The Balaban J connectivity index is 2.15. The zero-order valence-electron chi connectivity index (χ0n) is 34.4. The highest BCUT2D eigenvalue weighted by Gasteiger charge is 2.31. The smallest absolute Gasteiger partial charge is 0.243 e. The number of benzene rings is 2. The van der Waals surface area contributed by atoms with Crippen LogP contribution in [0.1, 0.15) is 69.9 Å². The molecule has 2 aromatic rings. The van der Waals surface area contributed by atoms with Gasteiger partial charge < -0.3 is 65.3 Å². The molecule has 0 aliphatic heterocycles. The molecule has 0 heterocycles. The summed E-state index contributed by atoms with van der Waals surface area (Å²) in [5.41, 5.74) is 23.8. The molecule has 5 atom stereocenters. The minimum absolute atomic E-state index is 0.0310. The lowest BCUT2D eigenvalue weighted by atomic mass is 10.00. The normalized spacial score (nSPS) is 13.3. The van der Waals surface area contributed by atoms with Crippen LogP contribution in [0.3, 0.4) is 0 Å². The molecule has 2 aromatic carbocycles. The maximum atomic E-state index is 13.9. The predicted octanol–water partition coefficient (Wildman–Crippen LogP) is -1.60. The first-order valence-corrected chi connectivity index (χ1v) is 20.0. The second-order valence-electron chi connectivity index (χ2n) is 14.9. The Morgan fingerprint density at radius 3 is 1.67 bits per heavy atom. The Hall–Kier alpha value is -6.44. The molecule has 20 heteroatoms. The topological polar surface area (TPSA) is 359 Å². The van der Waals surface area contributed by atoms with Gasteiger partial charge in [-0.1, -0.05) is 56.3 Å². The van der Waals surface area contributed by atoms with Gasteiger partial charge in [0.1, 0.15) is 29.9 Å². The summed E-state index contributed by atoms with van der Waals surface area (Å²) in [5, 5.41) is 43.0. The molecule has 0 bridgehead atoms. The second-order valence-corrected chi connectivity index (χ2v) is 14.9. The summed E-state index contributed by atoms with van der Waals surface area (Å²) >= 11 is 0. The molecule has 0 radical (unpaired) electrons. The van der Waals surface area contributed by atoms with Gasteiger partial charge in [-0.2, -0.15) is 0 Å². The zero-order valence-corrected chi connectivity index (χ0v) is 34.4. The number of carbonyl (C=O) groups excluding carboxylic acids is 6. The standard InChI is InChI=1S/C40H63N13O7/c1-24(2)21-31(37(59)52-30(12-7-20-49-40(45)46)36(58)51-29(34(42)56)11-6-19-48-39(43)44)53-38(60)32(23-25-9-4-3-5-10-25)50-33(55)13-8-18-47-35(57)28(41)22-26-14-16-27(54)17-15-26/h3-5,9-10,14-17,24,28-32,54H,6-8,11-13,18-23,41H2,1-2H3,(H2,42,56)(H,47,57)(H,50,55)(H,51,58)(H,52,59)(H,53,60)(H4,43,44,48)(H4,45,46,49)/t28-,29-,30-,31-,32-/m0/s1. The highest BCUT2D eigenvalue weighted by Crippen LogP contribution is 2.12. The molecule has 0 saturated heterocycles. The van der Waals surface area contributed by atoms with Crippen LogP contribution in [0.4, 0.5) is 0 Å². The van der Waals surface area contributed by atoms with E-state index in [0.717, 1.165) is 11.1 Å². The molecule has 0 saturated carbocycles. The average Bonchev–Trinajstić information content (AvgIpc) is 3.18. The number of nitrogens with one attached hydrogen (secondary N) is 9. The van der Waals surface area contributed by atoms with E-state index >= 15 is 0 Å². The number of amides is 6. The van der Waals surface area contributed by atoms with Crippen LogP contribution in [-0.2, 0) is 41.6 Å². The van der Waals surface area contributed by atoms with Crippen LogP contribution in [0.2, 0.25) is 0 Å². The van der Waals surface area contributed by atoms with Gasteiger partial charge in [0, 0.05) is 32.5 Å². The minimum Gasteiger partial charge on any atom is -0.508 e. The van der Waals surface area contributed by atoms with Crippen LogP contribution < -0.4 is 60.2 Å². The van der Waals surface area contributed by atoms with Gasteiger partial charge in [0.25, 0.3) is 0 Å². The third kappa shape index (κ3) is 20.3. The molecule has 0 spiro atoms. The summed E-state index contributed by atoms with van der Waals surface area (Å²) < 4.78 is 0. The molecule has 6 amide bonds. The molecule has 0 unspecified atom stereocenters. The summed E-state index contributed by atoms with van der Waals surface area (Å²) in [4.78, 5) is 79.4. The van der Waals surface area contributed by atoms with Crippen molar-refractivity contribution in [3.8, 4) is 5.75 Å². The summed E-state index contributed by atoms with van der Waals surface area (Å²) in [6, 6.07) is 9.99.